The zero-order valence-electron chi connectivity index (χ0n) is 13.2. The van der Waals surface area contributed by atoms with Crippen LogP contribution in [0.2, 0.25) is 0 Å². The Hall–Kier alpha value is -2.31. The number of nitrogens with one attached hydrogen (secondary N) is 1. The average molecular weight is 295 g/mol. The predicted octanol–water partition coefficient (Wildman–Crippen LogP) is 1.77. The minimum absolute atomic E-state index is 0.0187. The number of hydrogen-bond acceptors (Lipinski definition) is 5. The molecule has 21 heavy (non-hydrogen) atoms. The van der Waals surface area contributed by atoms with Crippen LogP contribution in [0.3, 0.4) is 0 Å². The van der Waals surface area contributed by atoms with Crippen LogP contribution in [0.25, 0.3) is 6.08 Å². The molecule has 0 atom stereocenters. The maximum atomic E-state index is 11.8. The number of hydrogen-bond donors (Lipinski definition) is 1. The number of carbonyl (C=O) groups is 2. The molecule has 7 heteroatoms. The molecule has 0 unspecified atom stereocenters. The van der Waals surface area contributed by atoms with E-state index in [9.17, 15) is 9.59 Å². The first kappa shape index (κ1) is 16.7. The second kappa shape index (κ2) is 6.43. The predicted molar refractivity (Wildman–Crippen MR) is 77.3 cm³/mol. The van der Waals surface area contributed by atoms with Crippen LogP contribution in [-0.4, -0.2) is 34.6 Å². The first-order chi connectivity index (χ1) is 9.62. The van der Waals surface area contributed by atoms with Gasteiger partial charge in [-0.15, -0.1) is 0 Å². The van der Waals surface area contributed by atoms with Gasteiger partial charge < -0.3 is 9.47 Å². The molecular weight excluding hydrogens is 274 g/mol. The molecule has 1 aromatic heterocycles. The van der Waals surface area contributed by atoms with E-state index in [2.05, 4.69) is 15.2 Å². The van der Waals surface area contributed by atoms with Crippen molar-refractivity contribution in [1.29, 1.82) is 0 Å². The second-order valence-electron chi connectivity index (χ2n) is 5.51. The summed E-state index contributed by atoms with van der Waals surface area (Å²) in [5.74, 6) is -0.667. The van der Waals surface area contributed by atoms with E-state index in [4.69, 9.17) is 4.74 Å². The van der Waals surface area contributed by atoms with Crippen molar-refractivity contribution in [3.8, 4) is 0 Å². The van der Waals surface area contributed by atoms with Gasteiger partial charge in [0, 0.05) is 7.05 Å². The lowest BCUT2D eigenvalue weighted by Crippen LogP contribution is -2.34. The van der Waals surface area contributed by atoms with Crippen LogP contribution in [0.5, 0.6) is 0 Å². The van der Waals surface area contributed by atoms with Crippen molar-refractivity contribution >= 4 is 18.1 Å². The standard InChI is InChI=1S/C14H21N3O4/c1-9-7-10(17(5)16-9)8-11(12(18)20-6)15-13(19)21-14(2,3)4/h7-8H,1-6H3,(H,15,19). The molecule has 1 rings (SSSR count). The van der Waals surface area contributed by atoms with Gasteiger partial charge in [-0.2, -0.15) is 5.10 Å². The smallest absolute Gasteiger partial charge is 0.412 e. The van der Waals surface area contributed by atoms with Gasteiger partial charge in [0.25, 0.3) is 0 Å². The van der Waals surface area contributed by atoms with Crippen molar-refractivity contribution in [2.45, 2.75) is 33.3 Å². The lowest BCUT2D eigenvalue weighted by Gasteiger charge is -2.20. The van der Waals surface area contributed by atoms with E-state index in [1.807, 2.05) is 6.92 Å². The second-order valence-corrected chi connectivity index (χ2v) is 5.51. The largest absolute Gasteiger partial charge is 0.464 e. The number of carbonyl (C=O) groups excluding carboxylic acids is 2. The molecule has 0 aliphatic rings. The molecule has 0 saturated carbocycles. The van der Waals surface area contributed by atoms with Crippen molar-refractivity contribution < 1.29 is 19.1 Å². The molecule has 0 bridgehead atoms. The normalized spacial score (nSPS) is 12.0. The van der Waals surface area contributed by atoms with Gasteiger partial charge >= 0.3 is 12.1 Å². The van der Waals surface area contributed by atoms with Crippen LogP contribution in [-0.2, 0) is 21.3 Å². The molecule has 0 radical (unpaired) electrons. The fourth-order valence-corrected chi connectivity index (χ4v) is 1.58. The minimum atomic E-state index is -0.724. The summed E-state index contributed by atoms with van der Waals surface area (Å²) in [5.41, 5.74) is 0.776. The fraction of sp³-hybridized carbons (Fsp3) is 0.500. The summed E-state index contributed by atoms with van der Waals surface area (Å²) in [6, 6.07) is 1.78. The summed E-state index contributed by atoms with van der Waals surface area (Å²) < 4.78 is 11.4. The van der Waals surface area contributed by atoms with Crippen LogP contribution in [0, 0.1) is 6.92 Å². The summed E-state index contributed by atoms with van der Waals surface area (Å²) in [5, 5.41) is 6.56. The average Bonchev–Trinajstić information content (AvgIpc) is 2.63. The van der Waals surface area contributed by atoms with E-state index in [0.717, 1.165) is 5.69 Å². The van der Waals surface area contributed by atoms with Crippen molar-refractivity contribution in [2.75, 3.05) is 7.11 Å². The highest BCUT2D eigenvalue weighted by Crippen LogP contribution is 2.10. The molecular formula is C14H21N3O4. The van der Waals surface area contributed by atoms with E-state index in [1.165, 1.54) is 13.2 Å². The quantitative estimate of drug-likeness (QED) is 0.678. The maximum Gasteiger partial charge on any atom is 0.412 e. The maximum absolute atomic E-state index is 11.8. The van der Waals surface area contributed by atoms with Gasteiger partial charge in [0.05, 0.1) is 18.5 Å². The summed E-state index contributed by atoms with van der Waals surface area (Å²) in [6.07, 6.45) is 0.758. The molecule has 0 fully saturated rings. The SMILES string of the molecule is COC(=O)C(=Cc1cc(C)nn1C)NC(=O)OC(C)(C)C. The van der Waals surface area contributed by atoms with Gasteiger partial charge in [0.1, 0.15) is 11.3 Å². The van der Waals surface area contributed by atoms with E-state index < -0.39 is 17.7 Å². The van der Waals surface area contributed by atoms with Crippen molar-refractivity contribution in [3.05, 3.63) is 23.2 Å². The number of aryl methyl sites for hydroxylation is 2. The third kappa shape index (κ3) is 5.29. The summed E-state index contributed by atoms with van der Waals surface area (Å²) in [4.78, 5) is 23.5. The van der Waals surface area contributed by atoms with E-state index in [1.54, 1.807) is 38.6 Å². The highest BCUT2D eigenvalue weighted by molar-refractivity contribution is 5.96. The lowest BCUT2D eigenvalue weighted by molar-refractivity contribution is -0.136. The minimum Gasteiger partial charge on any atom is -0.464 e. The van der Waals surface area contributed by atoms with Crippen molar-refractivity contribution in [2.24, 2.45) is 7.05 Å². The molecule has 0 saturated heterocycles. The Balaban J connectivity index is 2.99. The van der Waals surface area contributed by atoms with Gasteiger partial charge in [0.2, 0.25) is 0 Å². The Morgan fingerprint density at radius 3 is 2.43 bits per heavy atom. The summed E-state index contributed by atoms with van der Waals surface area (Å²) in [6.45, 7) is 7.03. The van der Waals surface area contributed by atoms with Gasteiger partial charge in [0.15, 0.2) is 0 Å². The number of esters is 1. The summed E-state index contributed by atoms with van der Waals surface area (Å²) in [7, 11) is 2.97. The molecule has 7 nitrogen and oxygen atoms in total. The van der Waals surface area contributed by atoms with E-state index >= 15 is 0 Å². The third-order valence-electron chi connectivity index (χ3n) is 2.37. The number of ether oxygens (including phenoxy) is 2. The van der Waals surface area contributed by atoms with Gasteiger partial charge in [-0.3, -0.25) is 10.00 Å². The molecule has 1 N–H and O–H groups in total. The van der Waals surface area contributed by atoms with Crippen LogP contribution in [0.15, 0.2) is 11.8 Å². The third-order valence-corrected chi connectivity index (χ3v) is 2.37. The number of amides is 1. The first-order valence-electron chi connectivity index (χ1n) is 6.43. The molecule has 0 spiro atoms. The highest BCUT2D eigenvalue weighted by Gasteiger charge is 2.20. The number of rotatable bonds is 3. The van der Waals surface area contributed by atoms with E-state index in [-0.39, 0.29) is 5.70 Å². The molecule has 1 amide bonds. The van der Waals surface area contributed by atoms with Crippen LogP contribution >= 0.6 is 0 Å². The van der Waals surface area contributed by atoms with Crippen LogP contribution in [0.1, 0.15) is 32.2 Å². The Bertz CT molecular complexity index is 567. The zero-order chi connectivity index (χ0) is 16.2. The topological polar surface area (TPSA) is 82.5 Å². The molecule has 0 aromatic carbocycles. The number of aromatic nitrogens is 2. The highest BCUT2D eigenvalue weighted by atomic mass is 16.6. The van der Waals surface area contributed by atoms with Gasteiger partial charge in [-0.05, 0) is 39.8 Å². The zero-order valence-corrected chi connectivity index (χ0v) is 13.2. The summed E-state index contributed by atoms with van der Waals surface area (Å²) >= 11 is 0. The van der Waals surface area contributed by atoms with Gasteiger partial charge in [-0.1, -0.05) is 0 Å². The molecule has 1 heterocycles. The number of nitrogens with zero attached hydrogens (tertiary/aromatic N) is 2. The molecule has 0 aliphatic heterocycles. The molecule has 116 valence electrons. The Labute approximate surface area is 123 Å². The van der Waals surface area contributed by atoms with Gasteiger partial charge in [-0.25, -0.2) is 9.59 Å². The Morgan fingerprint density at radius 1 is 1.38 bits per heavy atom. The van der Waals surface area contributed by atoms with Crippen LogP contribution in [0.4, 0.5) is 4.79 Å². The first-order valence-corrected chi connectivity index (χ1v) is 6.43. The lowest BCUT2D eigenvalue weighted by atomic mass is 10.2. The fourth-order valence-electron chi connectivity index (χ4n) is 1.58. The molecule has 0 aliphatic carbocycles. The van der Waals surface area contributed by atoms with Crippen molar-refractivity contribution in [1.82, 2.24) is 15.1 Å². The van der Waals surface area contributed by atoms with Crippen molar-refractivity contribution in [3.63, 3.8) is 0 Å². The van der Waals surface area contributed by atoms with Crippen LogP contribution < -0.4 is 5.32 Å². The Kier molecular flexibility index (Phi) is 5.12. The monoisotopic (exact) mass is 295 g/mol. The number of methoxy groups -OCH3 is 1. The molecule has 1 aromatic rings. The Morgan fingerprint density at radius 2 is 2.00 bits per heavy atom. The van der Waals surface area contributed by atoms with E-state index in [0.29, 0.717) is 5.69 Å². The number of alkyl carbamates (subject to hydrolysis) is 1.